The lowest BCUT2D eigenvalue weighted by molar-refractivity contribution is -0.140. The Labute approximate surface area is 280 Å². The minimum atomic E-state index is -4.41. The fourth-order valence-corrected chi connectivity index (χ4v) is 6.17. The Kier molecular flexibility index (Phi) is 10.7. The number of benzene rings is 1. The number of aliphatic hydroxyl groups is 1. The van der Waals surface area contributed by atoms with E-state index in [0.717, 1.165) is 31.5 Å². The normalized spacial score (nSPS) is 17.5. The van der Waals surface area contributed by atoms with E-state index in [4.69, 9.17) is 0 Å². The van der Waals surface area contributed by atoms with Crippen LogP contribution in [0.25, 0.3) is 10.9 Å². The highest BCUT2D eigenvalue weighted by Crippen LogP contribution is 2.27. The van der Waals surface area contributed by atoms with Gasteiger partial charge in [-0.2, -0.15) is 18.4 Å². The van der Waals surface area contributed by atoms with E-state index in [9.17, 15) is 28.3 Å². The number of nitrogens with one attached hydrogen (secondary N) is 2. The maximum absolute atomic E-state index is 13.6. The van der Waals surface area contributed by atoms with Gasteiger partial charge in [0.2, 0.25) is 5.91 Å². The van der Waals surface area contributed by atoms with Crippen molar-refractivity contribution in [3.63, 3.8) is 0 Å². The fraction of sp³-hybridized carbons (Fsp3) is 0.528. The zero-order chi connectivity index (χ0) is 34.5. The average molecular weight is 664 g/mol. The van der Waals surface area contributed by atoms with Crippen LogP contribution in [0.1, 0.15) is 63.4 Å². The van der Waals surface area contributed by atoms with Gasteiger partial charge >= 0.3 is 6.18 Å². The molecule has 1 aromatic carbocycles. The maximum Gasteiger partial charge on any atom is 0.406 e. The standard InChI is InChI=1S/C36H44F3N7O2/c1-34(2,24-40)32-9-7-29(22-43-32)41-14-4-5-30-20-27-19-26(6-8-31(27)46(30)25-36(37,38)39)21-42-28-10-15-45(16-11-28)33(47)23-44-17-12-35(3,48)13-18-44/h6-9,19-20,22,28,41-42,48H,10-18,21,23,25H2,1-3H3. The number of carbonyl (C=O) groups is 1. The smallest absolute Gasteiger partial charge is 0.390 e. The zero-order valence-electron chi connectivity index (χ0n) is 27.8. The molecule has 0 radical (unpaired) electrons. The molecule has 0 saturated carbocycles. The molecule has 256 valence electrons. The number of hydrogen-bond donors (Lipinski definition) is 3. The molecule has 0 bridgehead atoms. The summed E-state index contributed by atoms with van der Waals surface area (Å²) in [5.41, 5.74) is 1.71. The molecule has 12 heteroatoms. The number of likely N-dealkylation sites (tertiary alicyclic amines) is 2. The third-order valence-electron chi connectivity index (χ3n) is 9.32. The molecule has 3 aromatic rings. The van der Waals surface area contributed by atoms with Crippen LogP contribution in [0.15, 0.2) is 42.6 Å². The van der Waals surface area contributed by atoms with Crippen molar-refractivity contribution in [2.75, 3.05) is 44.6 Å². The number of hydrogen-bond acceptors (Lipinski definition) is 7. The van der Waals surface area contributed by atoms with Gasteiger partial charge in [0.05, 0.1) is 53.4 Å². The Morgan fingerprint density at radius 2 is 1.83 bits per heavy atom. The fourth-order valence-electron chi connectivity index (χ4n) is 6.17. The van der Waals surface area contributed by atoms with Crippen LogP contribution in [-0.4, -0.2) is 87.5 Å². The first-order chi connectivity index (χ1) is 22.7. The summed E-state index contributed by atoms with van der Waals surface area (Å²) in [5, 5.41) is 26.8. The molecular weight excluding hydrogens is 619 g/mol. The number of piperidine rings is 2. The summed E-state index contributed by atoms with van der Waals surface area (Å²) in [6.45, 7) is 8.25. The van der Waals surface area contributed by atoms with Gasteiger partial charge in [-0.1, -0.05) is 12.0 Å². The van der Waals surface area contributed by atoms with Gasteiger partial charge in [-0.3, -0.25) is 14.7 Å². The number of amides is 1. The van der Waals surface area contributed by atoms with Crippen molar-refractivity contribution >= 4 is 22.5 Å². The summed E-state index contributed by atoms with van der Waals surface area (Å²) >= 11 is 0. The van der Waals surface area contributed by atoms with E-state index in [1.54, 1.807) is 44.3 Å². The highest BCUT2D eigenvalue weighted by atomic mass is 19.4. The molecule has 1 amide bonds. The van der Waals surface area contributed by atoms with Gasteiger partial charge in [0.25, 0.3) is 0 Å². The topological polar surface area (TPSA) is 109 Å². The number of nitrogens with zero attached hydrogens (tertiary/aromatic N) is 5. The second kappa shape index (κ2) is 14.6. The number of nitriles is 1. The second-order valence-electron chi connectivity index (χ2n) is 13.8. The maximum atomic E-state index is 13.6. The molecule has 4 heterocycles. The Hall–Kier alpha value is -4.10. The number of fused-ring (bicyclic) bond motifs is 1. The highest BCUT2D eigenvalue weighted by Gasteiger charge is 2.31. The van der Waals surface area contributed by atoms with E-state index < -0.39 is 23.7 Å². The van der Waals surface area contributed by atoms with Crippen molar-refractivity contribution in [1.82, 2.24) is 24.7 Å². The summed E-state index contributed by atoms with van der Waals surface area (Å²) in [6.07, 6.45) is 0.217. The predicted octanol–water partition coefficient (Wildman–Crippen LogP) is 4.79. The largest absolute Gasteiger partial charge is 0.406 e. The molecule has 9 nitrogen and oxygen atoms in total. The van der Waals surface area contributed by atoms with Crippen LogP contribution in [0.2, 0.25) is 0 Å². The van der Waals surface area contributed by atoms with Gasteiger partial charge in [0, 0.05) is 49.7 Å². The van der Waals surface area contributed by atoms with Crippen LogP contribution in [0.3, 0.4) is 0 Å². The van der Waals surface area contributed by atoms with Crippen molar-refractivity contribution < 1.29 is 23.1 Å². The van der Waals surface area contributed by atoms with Gasteiger partial charge < -0.3 is 25.2 Å². The molecule has 5 rings (SSSR count). The van der Waals surface area contributed by atoms with Crippen molar-refractivity contribution in [1.29, 1.82) is 5.26 Å². The number of carbonyl (C=O) groups excluding carboxylic acids is 1. The quantitative estimate of drug-likeness (QED) is 0.283. The third kappa shape index (κ3) is 9.28. The van der Waals surface area contributed by atoms with Crippen LogP contribution in [0.5, 0.6) is 0 Å². The number of halogens is 3. The van der Waals surface area contributed by atoms with Crippen LogP contribution in [0, 0.1) is 23.2 Å². The third-order valence-corrected chi connectivity index (χ3v) is 9.32. The number of aromatic nitrogens is 2. The molecule has 2 aliphatic rings. The molecule has 0 spiro atoms. The summed E-state index contributed by atoms with van der Waals surface area (Å²) in [4.78, 5) is 21.2. The second-order valence-corrected chi connectivity index (χ2v) is 13.8. The molecule has 2 aliphatic heterocycles. The van der Waals surface area contributed by atoms with E-state index in [0.29, 0.717) is 61.3 Å². The highest BCUT2D eigenvalue weighted by molar-refractivity contribution is 5.83. The number of rotatable bonds is 9. The predicted molar refractivity (Wildman–Crippen MR) is 179 cm³/mol. The van der Waals surface area contributed by atoms with Gasteiger partial charge in [-0.05, 0) is 88.3 Å². The Morgan fingerprint density at radius 1 is 1.10 bits per heavy atom. The minimum absolute atomic E-state index is 0.130. The molecule has 48 heavy (non-hydrogen) atoms. The summed E-state index contributed by atoms with van der Waals surface area (Å²) in [7, 11) is 0. The number of pyridine rings is 1. The summed E-state index contributed by atoms with van der Waals surface area (Å²) in [5.74, 6) is 5.97. The Morgan fingerprint density at radius 3 is 2.48 bits per heavy atom. The van der Waals surface area contributed by atoms with E-state index in [1.165, 1.54) is 4.57 Å². The van der Waals surface area contributed by atoms with Crippen LogP contribution in [0.4, 0.5) is 18.9 Å². The first-order valence-electron chi connectivity index (χ1n) is 16.5. The van der Waals surface area contributed by atoms with Crippen LogP contribution >= 0.6 is 0 Å². The van der Waals surface area contributed by atoms with Gasteiger partial charge in [0.1, 0.15) is 6.54 Å². The van der Waals surface area contributed by atoms with Gasteiger partial charge in [0.15, 0.2) is 0 Å². The van der Waals surface area contributed by atoms with Crippen molar-refractivity contribution in [2.24, 2.45) is 0 Å². The lowest BCUT2D eigenvalue weighted by atomic mass is 9.91. The van der Waals surface area contributed by atoms with Gasteiger partial charge in [-0.25, -0.2) is 0 Å². The van der Waals surface area contributed by atoms with Crippen LogP contribution in [-0.2, 0) is 23.3 Å². The molecule has 2 saturated heterocycles. The zero-order valence-corrected chi connectivity index (χ0v) is 27.8. The van der Waals surface area contributed by atoms with E-state index in [1.807, 2.05) is 24.0 Å². The van der Waals surface area contributed by atoms with Crippen molar-refractivity contribution in [3.8, 4) is 17.9 Å². The van der Waals surface area contributed by atoms with Crippen molar-refractivity contribution in [3.05, 3.63) is 59.5 Å². The number of anilines is 1. The summed E-state index contributed by atoms with van der Waals surface area (Å²) < 4.78 is 41.9. The first-order valence-corrected chi connectivity index (χ1v) is 16.5. The molecule has 0 atom stereocenters. The SMILES string of the molecule is CC1(O)CCN(CC(=O)N2CCC(NCc3ccc4c(c3)cc(C#CCNc3ccc(C(C)(C)C#N)nc3)n4CC(F)(F)F)CC2)CC1. The molecule has 2 aromatic heterocycles. The lowest BCUT2D eigenvalue weighted by Crippen LogP contribution is -2.50. The average Bonchev–Trinajstić information content (AvgIpc) is 3.38. The molecular formula is C36H44F3N7O2. The Bertz CT molecular complexity index is 1680. The molecule has 2 fully saturated rings. The molecule has 3 N–H and O–H groups in total. The van der Waals surface area contributed by atoms with E-state index >= 15 is 0 Å². The Balaban J connectivity index is 1.16. The first kappa shape index (κ1) is 35.2. The minimum Gasteiger partial charge on any atom is -0.390 e. The lowest BCUT2D eigenvalue weighted by Gasteiger charge is -2.37. The molecule has 0 aliphatic carbocycles. The monoisotopic (exact) mass is 663 g/mol. The number of alkyl halides is 3. The van der Waals surface area contributed by atoms with Crippen molar-refractivity contribution in [2.45, 2.75) is 82.8 Å². The summed E-state index contributed by atoms with van der Waals surface area (Å²) in [6, 6.07) is 13.2. The van der Waals surface area contributed by atoms with Gasteiger partial charge in [-0.15, -0.1) is 0 Å². The van der Waals surface area contributed by atoms with E-state index in [2.05, 4.69) is 38.4 Å². The van der Waals surface area contributed by atoms with Crippen LogP contribution < -0.4 is 10.6 Å². The molecule has 0 unspecified atom stereocenters. The van der Waals surface area contributed by atoms with E-state index in [-0.39, 0.29) is 24.2 Å².